The molecule has 1 aromatic heterocycles. The molecule has 2 nitrogen and oxygen atoms in total. The van der Waals surface area contributed by atoms with Crippen LogP contribution in [0, 0.1) is 0 Å². The first-order valence-corrected chi connectivity index (χ1v) is 8.84. The van der Waals surface area contributed by atoms with Gasteiger partial charge < -0.3 is 4.57 Å². The Kier molecular flexibility index (Phi) is 4.48. The van der Waals surface area contributed by atoms with E-state index in [9.17, 15) is 0 Å². The molecule has 2 heteroatoms. The van der Waals surface area contributed by atoms with Crippen LogP contribution >= 0.6 is 0 Å². The van der Waals surface area contributed by atoms with Crippen molar-refractivity contribution in [3.8, 4) is 0 Å². The Labute approximate surface area is 144 Å². The first-order valence-electron chi connectivity index (χ1n) is 8.84. The minimum Gasteiger partial charge on any atom is -0.346 e. The van der Waals surface area contributed by atoms with E-state index in [1.165, 1.54) is 29.7 Å². The highest BCUT2D eigenvalue weighted by molar-refractivity contribution is 5.19. The van der Waals surface area contributed by atoms with Crippen LogP contribution in [0.4, 0.5) is 0 Å². The maximum atomic E-state index is 2.63. The molecule has 0 bridgehead atoms. The predicted molar refractivity (Wildman–Crippen MR) is 98.7 cm³/mol. The SMILES string of the molecule is c1ccc(CN(Cc2cccn2Cc2ccccc2)C2CC2)cc1. The second kappa shape index (κ2) is 7.06. The monoisotopic (exact) mass is 316 g/mol. The summed E-state index contributed by atoms with van der Waals surface area (Å²) in [6.45, 7) is 3.02. The van der Waals surface area contributed by atoms with Gasteiger partial charge in [0.05, 0.1) is 0 Å². The van der Waals surface area contributed by atoms with Crippen LogP contribution in [0.2, 0.25) is 0 Å². The molecule has 0 radical (unpaired) electrons. The second-order valence-corrected chi connectivity index (χ2v) is 6.73. The molecular weight excluding hydrogens is 292 g/mol. The van der Waals surface area contributed by atoms with Gasteiger partial charge in [0.25, 0.3) is 0 Å². The van der Waals surface area contributed by atoms with Gasteiger partial charge in [-0.3, -0.25) is 4.90 Å². The Morgan fingerprint density at radius 3 is 2.08 bits per heavy atom. The summed E-state index contributed by atoms with van der Waals surface area (Å²) in [7, 11) is 0. The van der Waals surface area contributed by atoms with E-state index in [0.29, 0.717) is 0 Å². The van der Waals surface area contributed by atoms with Crippen molar-refractivity contribution in [2.45, 2.75) is 38.5 Å². The van der Waals surface area contributed by atoms with Gasteiger partial charge in [-0.2, -0.15) is 0 Å². The molecule has 1 saturated carbocycles. The molecule has 3 aromatic rings. The normalized spacial score (nSPS) is 14.2. The van der Waals surface area contributed by atoms with Crippen LogP contribution in [0.15, 0.2) is 79.0 Å². The Balaban J connectivity index is 1.48. The van der Waals surface area contributed by atoms with Crippen LogP contribution < -0.4 is 0 Å². The molecule has 24 heavy (non-hydrogen) atoms. The van der Waals surface area contributed by atoms with Gasteiger partial charge in [0.15, 0.2) is 0 Å². The Hall–Kier alpha value is -2.32. The summed E-state index contributed by atoms with van der Waals surface area (Å²) in [5, 5.41) is 0. The molecule has 0 N–H and O–H groups in total. The maximum Gasteiger partial charge on any atom is 0.0473 e. The van der Waals surface area contributed by atoms with Gasteiger partial charge in [-0.15, -0.1) is 0 Å². The van der Waals surface area contributed by atoms with Crippen LogP contribution in [-0.4, -0.2) is 15.5 Å². The third-order valence-corrected chi connectivity index (χ3v) is 4.78. The van der Waals surface area contributed by atoms with E-state index < -0.39 is 0 Å². The van der Waals surface area contributed by atoms with Crippen molar-refractivity contribution in [2.75, 3.05) is 0 Å². The Morgan fingerprint density at radius 2 is 1.42 bits per heavy atom. The lowest BCUT2D eigenvalue weighted by molar-refractivity contribution is 0.240. The summed E-state index contributed by atoms with van der Waals surface area (Å²) in [5.41, 5.74) is 4.17. The summed E-state index contributed by atoms with van der Waals surface area (Å²) in [6.07, 6.45) is 4.88. The molecule has 2 aromatic carbocycles. The van der Waals surface area contributed by atoms with Crippen LogP contribution in [0.25, 0.3) is 0 Å². The Bertz CT molecular complexity index is 757. The van der Waals surface area contributed by atoms with E-state index in [4.69, 9.17) is 0 Å². The van der Waals surface area contributed by atoms with E-state index >= 15 is 0 Å². The summed E-state index contributed by atoms with van der Waals surface area (Å²) >= 11 is 0. The largest absolute Gasteiger partial charge is 0.346 e. The van der Waals surface area contributed by atoms with E-state index in [-0.39, 0.29) is 0 Å². The van der Waals surface area contributed by atoms with Crippen LogP contribution in [0.5, 0.6) is 0 Å². The van der Waals surface area contributed by atoms with Crippen molar-refractivity contribution in [3.05, 3.63) is 95.8 Å². The molecule has 0 aliphatic heterocycles. The zero-order valence-corrected chi connectivity index (χ0v) is 14.0. The standard InChI is InChI=1S/C22H24N2/c1-3-8-19(9-4-1)16-23-15-7-12-22(23)18-24(21-13-14-21)17-20-10-5-2-6-11-20/h1-12,15,21H,13-14,16-18H2. The van der Waals surface area contributed by atoms with Gasteiger partial charge in [-0.05, 0) is 36.1 Å². The molecule has 1 heterocycles. The molecule has 4 rings (SSSR count). The molecule has 0 saturated heterocycles. The van der Waals surface area contributed by atoms with Gasteiger partial charge in [0.2, 0.25) is 0 Å². The van der Waals surface area contributed by atoms with Gasteiger partial charge >= 0.3 is 0 Å². The molecule has 122 valence electrons. The fourth-order valence-corrected chi connectivity index (χ4v) is 3.31. The van der Waals surface area contributed by atoms with Crippen molar-refractivity contribution < 1.29 is 0 Å². The second-order valence-electron chi connectivity index (χ2n) is 6.73. The lowest BCUT2D eigenvalue weighted by Crippen LogP contribution is -2.26. The lowest BCUT2D eigenvalue weighted by atomic mass is 10.2. The molecular formula is C22H24N2. The quantitative estimate of drug-likeness (QED) is 0.613. The molecule has 1 fully saturated rings. The zero-order valence-electron chi connectivity index (χ0n) is 14.0. The third kappa shape index (κ3) is 3.77. The molecule has 0 unspecified atom stereocenters. The van der Waals surface area contributed by atoms with E-state index in [1.54, 1.807) is 0 Å². The summed E-state index contributed by atoms with van der Waals surface area (Å²) < 4.78 is 2.38. The van der Waals surface area contributed by atoms with Crippen LogP contribution in [0.1, 0.15) is 29.7 Å². The summed E-state index contributed by atoms with van der Waals surface area (Å²) in [4.78, 5) is 2.63. The highest BCUT2D eigenvalue weighted by atomic mass is 15.2. The van der Waals surface area contributed by atoms with Gasteiger partial charge in [-0.1, -0.05) is 60.7 Å². The number of hydrogen-bond acceptors (Lipinski definition) is 1. The fourth-order valence-electron chi connectivity index (χ4n) is 3.31. The molecule has 1 aliphatic carbocycles. The fraction of sp³-hybridized carbons (Fsp3) is 0.273. The average molecular weight is 316 g/mol. The van der Waals surface area contributed by atoms with Crippen LogP contribution in [-0.2, 0) is 19.6 Å². The third-order valence-electron chi connectivity index (χ3n) is 4.78. The number of nitrogens with zero attached hydrogens (tertiary/aromatic N) is 2. The lowest BCUT2D eigenvalue weighted by Gasteiger charge is -2.23. The van der Waals surface area contributed by atoms with Crippen molar-refractivity contribution in [1.29, 1.82) is 0 Å². The smallest absolute Gasteiger partial charge is 0.0473 e. The highest BCUT2D eigenvalue weighted by Crippen LogP contribution is 2.30. The number of hydrogen-bond donors (Lipinski definition) is 0. The summed E-state index contributed by atoms with van der Waals surface area (Å²) in [6, 6.07) is 26.7. The number of benzene rings is 2. The first kappa shape index (κ1) is 15.2. The number of rotatable bonds is 7. The van der Waals surface area contributed by atoms with Gasteiger partial charge in [0.1, 0.15) is 0 Å². The van der Waals surface area contributed by atoms with E-state index in [0.717, 1.165) is 25.7 Å². The molecule has 1 aliphatic rings. The topological polar surface area (TPSA) is 8.17 Å². The first-order chi connectivity index (χ1) is 11.9. The molecule has 0 spiro atoms. The molecule has 0 amide bonds. The van der Waals surface area contributed by atoms with Crippen molar-refractivity contribution in [3.63, 3.8) is 0 Å². The molecule has 0 atom stereocenters. The van der Waals surface area contributed by atoms with E-state index in [1.807, 2.05) is 0 Å². The predicted octanol–water partition coefficient (Wildman–Crippen LogP) is 4.70. The average Bonchev–Trinajstić information content (AvgIpc) is 3.39. The highest BCUT2D eigenvalue weighted by Gasteiger charge is 2.29. The minimum absolute atomic E-state index is 0.755. The summed E-state index contributed by atoms with van der Waals surface area (Å²) in [5.74, 6) is 0. The number of aromatic nitrogens is 1. The van der Waals surface area contributed by atoms with Gasteiger partial charge in [0, 0.05) is 37.6 Å². The maximum absolute atomic E-state index is 2.63. The Morgan fingerprint density at radius 1 is 0.750 bits per heavy atom. The van der Waals surface area contributed by atoms with Crippen molar-refractivity contribution in [1.82, 2.24) is 9.47 Å². The van der Waals surface area contributed by atoms with Crippen LogP contribution in [0.3, 0.4) is 0 Å². The van der Waals surface area contributed by atoms with Crippen molar-refractivity contribution in [2.24, 2.45) is 0 Å². The van der Waals surface area contributed by atoms with Crippen molar-refractivity contribution >= 4 is 0 Å². The van der Waals surface area contributed by atoms with Gasteiger partial charge in [-0.25, -0.2) is 0 Å². The zero-order chi connectivity index (χ0) is 16.2. The minimum atomic E-state index is 0.755. The van der Waals surface area contributed by atoms with E-state index in [2.05, 4.69) is 88.5 Å².